The zero-order valence-electron chi connectivity index (χ0n) is 25.4. The Labute approximate surface area is 261 Å². The summed E-state index contributed by atoms with van der Waals surface area (Å²) in [7, 11) is 2.54. The number of esters is 2. The molecule has 45 heavy (non-hydrogen) atoms. The van der Waals surface area contributed by atoms with E-state index in [9.17, 15) is 24.0 Å². The Morgan fingerprint density at radius 3 is 1.78 bits per heavy atom. The summed E-state index contributed by atoms with van der Waals surface area (Å²) in [5.74, 6) is -3.83. The van der Waals surface area contributed by atoms with Gasteiger partial charge in [0, 0.05) is 39.0 Å². The molecule has 0 radical (unpaired) electrons. The molecule has 13 nitrogen and oxygen atoms in total. The van der Waals surface area contributed by atoms with Gasteiger partial charge in [-0.25, -0.2) is 9.59 Å². The SMILES string of the molecule is COC(=O)C1CN(C(=O)OCc2ccccc2)CCC12OCCO2.COC(=O)C1CN(C(=O)OCc2ccccc2)CCC1=O. The lowest BCUT2D eigenvalue weighted by Gasteiger charge is -2.41. The molecule has 5 rings (SSSR count). The third-order valence-electron chi connectivity index (χ3n) is 7.76. The molecule has 0 aromatic heterocycles. The summed E-state index contributed by atoms with van der Waals surface area (Å²) < 4.78 is 31.3. The number of benzene rings is 2. The molecular formula is C32H38N2O11. The van der Waals surface area contributed by atoms with E-state index < -0.39 is 41.7 Å². The van der Waals surface area contributed by atoms with E-state index in [0.717, 1.165) is 11.1 Å². The minimum absolute atomic E-state index is 0.0130. The average Bonchev–Trinajstić information content (AvgIpc) is 3.55. The van der Waals surface area contributed by atoms with Gasteiger partial charge in [0.2, 0.25) is 0 Å². The van der Waals surface area contributed by atoms with Crippen molar-refractivity contribution in [1.29, 1.82) is 0 Å². The van der Waals surface area contributed by atoms with Crippen LogP contribution in [-0.4, -0.2) is 99.1 Å². The van der Waals surface area contributed by atoms with E-state index in [2.05, 4.69) is 4.74 Å². The number of rotatable bonds is 6. The van der Waals surface area contributed by atoms with Crippen molar-refractivity contribution in [3.8, 4) is 0 Å². The molecule has 242 valence electrons. The van der Waals surface area contributed by atoms with Crippen LogP contribution in [0, 0.1) is 11.8 Å². The summed E-state index contributed by atoms with van der Waals surface area (Å²) in [6.45, 7) is 2.06. The Morgan fingerprint density at radius 1 is 0.756 bits per heavy atom. The largest absolute Gasteiger partial charge is 0.469 e. The maximum Gasteiger partial charge on any atom is 0.410 e. The number of hydrogen-bond acceptors (Lipinski definition) is 11. The molecule has 2 unspecified atom stereocenters. The molecule has 2 atom stereocenters. The lowest BCUT2D eigenvalue weighted by molar-refractivity contribution is -0.225. The van der Waals surface area contributed by atoms with Crippen molar-refractivity contribution in [2.24, 2.45) is 11.8 Å². The maximum absolute atomic E-state index is 12.3. The number of carbonyl (C=O) groups excluding carboxylic acids is 5. The standard InChI is InChI=1S/C17H21NO6.C15H17NO5/c1-21-15(19)14-11-18(8-7-17(14)23-9-10-24-17)16(20)22-12-13-5-3-2-4-6-13;1-20-14(18)12-9-16(8-7-13(12)17)15(19)21-10-11-5-3-2-4-6-11/h2-6,14H,7-12H2,1H3;2-6,12H,7-10H2,1H3. The van der Waals surface area contributed by atoms with Gasteiger partial charge in [0.15, 0.2) is 11.6 Å². The molecule has 3 heterocycles. The first-order chi connectivity index (χ1) is 21.8. The Balaban J connectivity index is 0.000000207. The van der Waals surface area contributed by atoms with Gasteiger partial charge in [-0.1, -0.05) is 60.7 Å². The topological polar surface area (TPSA) is 147 Å². The summed E-state index contributed by atoms with van der Waals surface area (Å²) in [5, 5.41) is 0. The summed E-state index contributed by atoms with van der Waals surface area (Å²) in [6.07, 6.45) is -0.436. The number of Topliss-reactive ketones (excluding diaryl/α,β-unsaturated/α-hetero) is 1. The van der Waals surface area contributed by atoms with Gasteiger partial charge in [-0.05, 0) is 11.1 Å². The van der Waals surface area contributed by atoms with Crippen LogP contribution in [0.5, 0.6) is 0 Å². The molecule has 0 aliphatic carbocycles. The van der Waals surface area contributed by atoms with Gasteiger partial charge in [-0.15, -0.1) is 0 Å². The quantitative estimate of drug-likeness (QED) is 0.265. The fraction of sp³-hybridized carbons (Fsp3) is 0.469. The number of hydrogen-bond donors (Lipinski definition) is 0. The fourth-order valence-electron chi connectivity index (χ4n) is 5.26. The van der Waals surface area contributed by atoms with Crippen molar-refractivity contribution in [2.45, 2.75) is 31.8 Å². The molecular weight excluding hydrogens is 588 g/mol. The molecule has 1 spiro atoms. The lowest BCUT2D eigenvalue weighted by Crippen LogP contribution is -2.57. The molecule has 3 aliphatic heterocycles. The van der Waals surface area contributed by atoms with Crippen LogP contribution >= 0.6 is 0 Å². The molecule has 2 aromatic carbocycles. The van der Waals surface area contributed by atoms with Gasteiger partial charge >= 0.3 is 24.1 Å². The third kappa shape index (κ3) is 8.79. The third-order valence-corrected chi connectivity index (χ3v) is 7.76. The second-order valence-corrected chi connectivity index (χ2v) is 10.6. The lowest BCUT2D eigenvalue weighted by atomic mass is 9.90. The number of piperidine rings is 2. The van der Waals surface area contributed by atoms with E-state index >= 15 is 0 Å². The monoisotopic (exact) mass is 626 g/mol. The molecule has 0 saturated carbocycles. The van der Waals surface area contributed by atoms with Crippen LogP contribution in [0.2, 0.25) is 0 Å². The highest BCUT2D eigenvalue weighted by Crippen LogP contribution is 2.37. The van der Waals surface area contributed by atoms with E-state index in [1.165, 1.54) is 24.0 Å². The van der Waals surface area contributed by atoms with Gasteiger partial charge in [-0.2, -0.15) is 0 Å². The van der Waals surface area contributed by atoms with Gasteiger partial charge in [0.25, 0.3) is 0 Å². The Kier molecular flexibility index (Phi) is 11.9. The summed E-state index contributed by atoms with van der Waals surface area (Å²) in [6, 6.07) is 18.7. The van der Waals surface area contributed by atoms with Gasteiger partial charge in [0.05, 0.1) is 27.4 Å². The second kappa shape index (κ2) is 16.0. The van der Waals surface area contributed by atoms with Gasteiger partial charge in [0.1, 0.15) is 25.0 Å². The number of ether oxygens (including phenoxy) is 6. The Hall–Kier alpha value is -4.49. The van der Waals surface area contributed by atoms with Crippen molar-refractivity contribution in [3.05, 3.63) is 71.8 Å². The number of amides is 2. The maximum atomic E-state index is 12.3. The number of likely N-dealkylation sites (tertiary alicyclic amines) is 2. The van der Waals surface area contributed by atoms with E-state index in [4.69, 9.17) is 23.7 Å². The van der Waals surface area contributed by atoms with Gasteiger partial charge in [-0.3, -0.25) is 14.4 Å². The van der Waals surface area contributed by atoms with Crippen LogP contribution in [0.25, 0.3) is 0 Å². The zero-order chi connectivity index (χ0) is 32.2. The predicted molar refractivity (Wildman–Crippen MR) is 156 cm³/mol. The zero-order valence-corrected chi connectivity index (χ0v) is 25.4. The fourth-order valence-corrected chi connectivity index (χ4v) is 5.26. The number of carbonyl (C=O) groups is 5. The van der Waals surface area contributed by atoms with Crippen LogP contribution in [-0.2, 0) is 56.0 Å². The molecule has 13 heteroatoms. The van der Waals surface area contributed by atoms with E-state index in [0.29, 0.717) is 26.2 Å². The second-order valence-electron chi connectivity index (χ2n) is 10.6. The predicted octanol–water partition coefficient (Wildman–Crippen LogP) is 2.95. The first-order valence-corrected chi connectivity index (χ1v) is 14.6. The van der Waals surface area contributed by atoms with Crippen LogP contribution in [0.15, 0.2) is 60.7 Å². The normalized spacial score (nSPS) is 20.4. The molecule has 3 fully saturated rings. The average molecular weight is 627 g/mol. The van der Waals surface area contributed by atoms with Crippen molar-refractivity contribution in [2.75, 3.05) is 53.6 Å². The van der Waals surface area contributed by atoms with E-state index in [1.807, 2.05) is 60.7 Å². The summed E-state index contributed by atoms with van der Waals surface area (Å²) in [4.78, 5) is 62.4. The number of ketones is 1. The molecule has 3 aliphatic rings. The van der Waals surface area contributed by atoms with Crippen molar-refractivity contribution in [3.63, 3.8) is 0 Å². The van der Waals surface area contributed by atoms with Crippen LogP contribution in [0.4, 0.5) is 9.59 Å². The Morgan fingerprint density at radius 2 is 1.27 bits per heavy atom. The summed E-state index contributed by atoms with van der Waals surface area (Å²) in [5.41, 5.74) is 1.79. The van der Waals surface area contributed by atoms with Crippen molar-refractivity contribution < 1.29 is 52.4 Å². The summed E-state index contributed by atoms with van der Waals surface area (Å²) >= 11 is 0. The van der Waals surface area contributed by atoms with Crippen LogP contribution < -0.4 is 0 Å². The minimum Gasteiger partial charge on any atom is -0.469 e. The number of methoxy groups -OCH3 is 2. The molecule has 0 bridgehead atoms. The molecule has 3 saturated heterocycles. The molecule has 2 aromatic rings. The molecule has 2 amide bonds. The van der Waals surface area contributed by atoms with Crippen molar-refractivity contribution >= 4 is 29.9 Å². The first kappa shape index (κ1) is 33.4. The molecule has 0 N–H and O–H groups in total. The highest BCUT2D eigenvalue weighted by molar-refractivity contribution is 6.00. The smallest absolute Gasteiger partial charge is 0.410 e. The highest BCUT2D eigenvalue weighted by atomic mass is 16.7. The first-order valence-electron chi connectivity index (χ1n) is 14.6. The van der Waals surface area contributed by atoms with Crippen molar-refractivity contribution in [1.82, 2.24) is 9.80 Å². The van der Waals surface area contributed by atoms with E-state index in [-0.39, 0.29) is 45.1 Å². The van der Waals surface area contributed by atoms with Crippen LogP contribution in [0.3, 0.4) is 0 Å². The minimum atomic E-state index is -0.983. The van der Waals surface area contributed by atoms with E-state index in [1.54, 1.807) is 0 Å². The Bertz CT molecular complexity index is 1310. The highest BCUT2D eigenvalue weighted by Gasteiger charge is 2.53. The van der Waals surface area contributed by atoms with Gasteiger partial charge < -0.3 is 38.2 Å². The number of nitrogens with zero attached hydrogens (tertiary/aromatic N) is 2. The van der Waals surface area contributed by atoms with Crippen LogP contribution in [0.1, 0.15) is 24.0 Å².